The van der Waals surface area contributed by atoms with E-state index in [1.807, 2.05) is 0 Å². The molecule has 0 saturated heterocycles. The molecule has 0 rings (SSSR count). The maximum atomic E-state index is 4.34. The Labute approximate surface area is 66.1 Å². The summed E-state index contributed by atoms with van der Waals surface area (Å²) in [5, 5.41) is 0. The summed E-state index contributed by atoms with van der Waals surface area (Å²) in [7, 11) is 0. The fourth-order valence-corrected chi connectivity index (χ4v) is 0.250. The second-order valence-corrected chi connectivity index (χ2v) is 0.928. The van der Waals surface area contributed by atoms with Crippen molar-refractivity contribution in [3.8, 4) is 0 Å². The standard InChI is InChI=1S/CH4N2S2.2ClH/c4-2-1-3-5;;/h1-2H,3H2;2*1H/b2-1+;;. The largest absolute Gasteiger partial charge is 0.487 e. The molecule has 0 aromatic carbocycles. The van der Waals surface area contributed by atoms with Gasteiger partial charge >= 0.3 is 0 Å². The van der Waals surface area contributed by atoms with Crippen LogP contribution in [-0.2, 0) is 25.6 Å². The van der Waals surface area contributed by atoms with E-state index in [1.165, 1.54) is 11.1 Å². The third kappa shape index (κ3) is 20.0. The smallest absolute Gasteiger partial charge is 0.289 e. The van der Waals surface area contributed by atoms with Crippen LogP contribution >= 0.6 is 24.8 Å². The van der Waals surface area contributed by atoms with Crippen molar-refractivity contribution in [3.05, 3.63) is 0 Å². The normalized spacial score (nSPS) is 7.00. The molecule has 0 amide bonds. The average molecular weight is 181 g/mol. The van der Waals surface area contributed by atoms with Crippen molar-refractivity contribution in [2.75, 3.05) is 0 Å². The molecule has 0 heterocycles. The van der Waals surface area contributed by atoms with E-state index in [-0.39, 0.29) is 24.8 Å². The van der Waals surface area contributed by atoms with E-state index in [0.29, 0.717) is 0 Å². The molecule has 0 saturated carbocycles. The second kappa shape index (κ2) is 15.9. The highest BCUT2D eigenvalue weighted by molar-refractivity contribution is 7.51. The van der Waals surface area contributed by atoms with Crippen molar-refractivity contribution < 1.29 is 9.12 Å². The fraction of sp³-hybridized carbons (Fsp3) is 0. The van der Waals surface area contributed by atoms with Gasteiger partial charge in [0.1, 0.15) is 0 Å². The molecule has 0 spiro atoms. The SMILES string of the molecule is Cl.Cl.[S-]/[NH+]=C/[NH2+][S-]. The van der Waals surface area contributed by atoms with E-state index >= 15 is 0 Å². The third-order valence-electron chi connectivity index (χ3n) is 0.136. The van der Waals surface area contributed by atoms with Crippen LogP contribution in [0.3, 0.4) is 0 Å². The van der Waals surface area contributed by atoms with E-state index in [9.17, 15) is 0 Å². The summed E-state index contributed by atoms with van der Waals surface area (Å²) in [5.74, 6) is 0. The molecule has 0 atom stereocenters. The molecule has 0 bridgehead atoms. The lowest BCUT2D eigenvalue weighted by Gasteiger charge is -1.81. The summed E-state index contributed by atoms with van der Waals surface area (Å²) in [4.78, 5) is 0. The Balaban J connectivity index is -0.0000000800. The molecule has 2 nitrogen and oxygen atoms in total. The number of nitrogens with two attached hydrogens (primary N) is 1. The van der Waals surface area contributed by atoms with Gasteiger partial charge in [-0.2, -0.15) is 0 Å². The number of halogens is 2. The van der Waals surface area contributed by atoms with Gasteiger partial charge in [0.15, 0.2) is 0 Å². The molecule has 0 aliphatic heterocycles. The molecule has 6 heteroatoms. The van der Waals surface area contributed by atoms with E-state index in [0.717, 1.165) is 0 Å². The van der Waals surface area contributed by atoms with Crippen molar-refractivity contribution in [1.82, 2.24) is 0 Å². The molecule has 7 heavy (non-hydrogen) atoms. The number of rotatable bonds is 1. The average Bonchev–Trinajstić information content (AvgIpc) is 1.41. The topological polar surface area (TPSA) is 30.6 Å². The molecule has 46 valence electrons. The van der Waals surface area contributed by atoms with Gasteiger partial charge in [-0.3, -0.25) is 0 Å². The monoisotopic (exact) mass is 180 g/mol. The minimum absolute atomic E-state index is 0. The van der Waals surface area contributed by atoms with Gasteiger partial charge in [0.2, 0.25) is 0 Å². The van der Waals surface area contributed by atoms with Crippen molar-refractivity contribution in [3.63, 3.8) is 0 Å². The second-order valence-electron chi connectivity index (χ2n) is 0.421. The Morgan fingerprint density at radius 1 is 1.43 bits per heavy atom. The minimum Gasteiger partial charge on any atom is -0.487 e. The van der Waals surface area contributed by atoms with Crippen LogP contribution in [0.15, 0.2) is 0 Å². The molecule has 0 radical (unpaired) electrons. The molecule has 0 aromatic heterocycles. The highest BCUT2D eigenvalue weighted by Gasteiger charge is 1.46. The van der Waals surface area contributed by atoms with E-state index in [1.54, 1.807) is 0 Å². The maximum Gasteiger partial charge on any atom is 0.289 e. The predicted octanol–water partition coefficient (Wildman–Crippen LogP) is -2.57. The Hall–Kier alpha value is 0.780. The number of hydrogen-bond acceptors (Lipinski definition) is 2. The van der Waals surface area contributed by atoms with E-state index in [2.05, 4.69) is 30.0 Å². The van der Waals surface area contributed by atoms with Crippen LogP contribution in [0.25, 0.3) is 0 Å². The van der Waals surface area contributed by atoms with Gasteiger partial charge in [-0.15, -0.1) is 24.8 Å². The van der Waals surface area contributed by atoms with Gasteiger partial charge in [0.25, 0.3) is 6.34 Å². The first-order valence-electron chi connectivity index (χ1n) is 1.06. The van der Waals surface area contributed by atoms with Crippen LogP contribution in [0.2, 0.25) is 0 Å². The molecule has 0 aliphatic carbocycles. The van der Waals surface area contributed by atoms with Gasteiger partial charge in [-0.25, -0.2) is 0 Å². The number of nitrogens with one attached hydrogen (secondary N) is 1. The van der Waals surface area contributed by atoms with Crippen molar-refractivity contribution >= 4 is 56.8 Å². The third-order valence-corrected chi connectivity index (χ3v) is 0.408. The minimum atomic E-state index is 0. The van der Waals surface area contributed by atoms with Crippen LogP contribution in [0.4, 0.5) is 0 Å². The summed E-state index contributed by atoms with van der Waals surface area (Å²) < 4.78 is 3.74. The van der Waals surface area contributed by atoms with Gasteiger partial charge in [0, 0.05) is 0 Å². The Morgan fingerprint density at radius 3 is 1.86 bits per heavy atom. The lowest BCUT2D eigenvalue weighted by atomic mass is 11.4. The summed E-state index contributed by atoms with van der Waals surface area (Å²) >= 11 is 8.59. The van der Waals surface area contributed by atoms with Crippen LogP contribution in [0, 0.1) is 0 Å². The Kier molecular flexibility index (Phi) is 35.4. The van der Waals surface area contributed by atoms with Gasteiger partial charge in [-0.05, 0) is 0 Å². The quantitative estimate of drug-likeness (QED) is 0.264. The van der Waals surface area contributed by atoms with Crippen LogP contribution in [0.5, 0.6) is 0 Å². The zero-order valence-electron chi connectivity index (χ0n) is 3.29. The van der Waals surface area contributed by atoms with Crippen molar-refractivity contribution in [2.24, 2.45) is 0 Å². The van der Waals surface area contributed by atoms with Gasteiger partial charge < -0.3 is 34.7 Å². The molecular formula is CH6Cl2N2S2. The van der Waals surface area contributed by atoms with Crippen molar-refractivity contribution in [1.29, 1.82) is 0 Å². The van der Waals surface area contributed by atoms with Crippen LogP contribution in [0.1, 0.15) is 0 Å². The van der Waals surface area contributed by atoms with E-state index in [4.69, 9.17) is 0 Å². The first-order valence-corrected chi connectivity index (χ1v) is 1.94. The highest BCUT2D eigenvalue weighted by atomic mass is 35.5. The zero-order valence-corrected chi connectivity index (χ0v) is 6.55. The molecule has 0 unspecified atom stereocenters. The van der Waals surface area contributed by atoms with E-state index < -0.39 is 0 Å². The molecule has 0 aromatic rings. The zero-order chi connectivity index (χ0) is 4.12. The summed E-state index contributed by atoms with van der Waals surface area (Å²) in [5.41, 5.74) is 0. The van der Waals surface area contributed by atoms with Crippen LogP contribution in [-0.4, -0.2) is 6.34 Å². The van der Waals surface area contributed by atoms with Gasteiger partial charge in [-0.1, -0.05) is 0 Å². The first kappa shape index (κ1) is 15.7. The van der Waals surface area contributed by atoms with Crippen molar-refractivity contribution in [2.45, 2.75) is 0 Å². The Bertz CT molecular complexity index is 40.7. The Morgan fingerprint density at radius 2 is 1.86 bits per heavy atom. The molecule has 0 fully saturated rings. The molecule has 3 N–H and O–H groups in total. The van der Waals surface area contributed by atoms with Crippen LogP contribution < -0.4 is 9.12 Å². The number of quaternary nitrogens is 1. The highest BCUT2D eigenvalue weighted by Crippen LogP contribution is 0.774. The fourth-order valence-electron chi connectivity index (χ4n) is 0.0278. The maximum absolute atomic E-state index is 4.34. The molecule has 0 aliphatic rings. The lowest BCUT2D eigenvalue weighted by Crippen LogP contribution is -2.87. The predicted molar refractivity (Wildman–Crippen MR) is 38.2 cm³/mol. The van der Waals surface area contributed by atoms with Gasteiger partial charge in [0.05, 0.1) is 0 Å². The summed E-state index contributed by atoms with van der Waals surface area (Å²) in [6, 6.07) is 0. The summed E-state index contributed by atoms with van der Waals surface area (Å²) in [6.45, 7) is 0. The number of hydrogen-bond donors (Lipinski definition) is 2. The summed E-state index contributed by atoms with van der Waals surface area (Å²) in [6.07, 6.45) is 1.50. The lowest BCUT2D eigenvalue weighted by molar-refractivity contribution is -0.405. The molecular weight excluding hydrogens is 175 g/mol. The first-order chi connectivity index (χ1) is 2.41.